The molecule has 0 aromatic carbocycles. The molecule has 0 N–H and O–H groups in total. The van der Waals surface area contributed by atoms with Crippen molar-refractivity contribution < 1.29 is 0 Å². The highest BCUT2D eigenvalue weighted by molar-refractivity contribution is 5.35. The minimum Gasteiger partial charge on any atom is -0.193 e. The van der Waals surface area contributed by atoms with Crippen LogP contribution in [-0.4, -0.2) is 0 Å². The summed E-state index contributed by atoms with van der Waals surface area (Å²) in [7, 11) is 0. The standard InChI is InChI=1S/C9H9N.C2H6/c1-8-3-2-4-9(7-10)6-5-8;1-2/h2-5H,6H2,1H3;1-2H3. The van der Waals surface area contributed by atoms with E-state index in [1.807, 2.05) is 39.0 Å². The summed E-state index contributed by atoms with van der Waals surface area (Å²) in [6, 6.07) is 2.13. The summed E-state index contributed by atoms with van der Waals surface area (Å²) < 4.78 is 0. The lowest BCUT2D eigenvalue weighted by molar-refractivity contribution is 1.26. The van der Waals surface area contributed by atoms with Gasteiger partial charge in [0.2, 0.25) is 0 Å². The number of hydrogen-bond donors (Lipinski definition) is 0. The number of nitriles is 1. The maximum atomic E-state index is 8.52. The van der Waals surface area contributed by atoms with Crippen molar-refractivity contribution in [3.63, 3.8) is 0 Å². The predicted octanol–water partition coefficient (Wildman–Crippen LogP) is 3.37. The van der Waals surface area contributed by atoms with Gasteiger partial charge in [0, 0.05) is 12.0 Å². The molecule has 0 saturated carbocycles. The van der Waals surface area contributed by atoms with Crippen molar-refractivity contribution in [2.24, 2.45) is 0 Å². The normalized spacial score (nSPS) is 14.5. The molecule has 0 unspecified atom stereocenters. The molecule has 0 atom stereocenters. The Morgan fingerprint density at radius 3 is 2.67 bits per heavy atom. The fourth-order valence-corrected chi connectivity index (χ4v) is 0.806. The molecule has 0 amide bonds. The van der Waals surface area contributed by atoms with Crippen LogP contribution >= 0.6 is 0 Å². The maximum absolute atomic E-state index is 8.52. The van der Waals surface area contributed by atoms with E-state index in [2.05, 4.69) is 12.1 Å². The number of rotatable bonds is 0. The summed E-state index contributed by atoms with van der Waals surface area (Å²) in [5, 5.41) is 8.52. The second kappa shape index (κ2) is 6.42. The lowest BCUT2D eigenvalue weighted by Gasteiger charge is -1.87. The fourth-order valence-electron chi connectivity index (χ4n) is 0.806. The highest BCUT2D eigenvalue weighted by atomic mass is 14.2. The van der Waals surface area contributed by atoms with Crippen LogP contribution < -0.4 is 0 Å². The summed E-state index contributed by atoms with van der Waals surface area (Å²) in [4.78, 5) is 0. The zero-order valence-electron chi connectivity index (χ0n) is 7.96. The summed E-state index contributed by atoms with van der Waals surface area (Å²) in [6.45, 7) is 6.03. The van der Waals surface area contributed by atoms with Crippen LogP contribution in [0.25, 0.3) is 0 Å². The van der Waals surface area contributed by atoms with Gasteiger partial charge in [-0.15, -0.1) is 0 Å². The van der Waals surface area contributed by atoms with Crippen LogP contribution in [0.2, 0.25) is 0 Å². The first kappa shape index (κ1) is 10.7. The van der Waals surface area contributed by atoms with E-state index in [4.69, 9.17) is 5.26 Å². The second-order valence-electron chi connectivity index (χ2n) is 2.32. The first-order valence-electron chi connectivity index (χ1n) is 4.27. The third-order valence-electron chi connectivity index (χ3n) is 1.44. The van der Waals surface area contributed by atoms with Gasteiger partial charge in [-0.1, -0.05) is 37.6 Å². The fraction of sp³-hybridized carbons (Fsp3) is 0.364. The summed E-state index contributed by atoms with van der Waals surface area (Å²) in [6.07, 6.45) is 8.60. The average molecular weight is 161 g/mol. The molecule has 64 valence electrons. The van der Waals surface area contributed by atoms with Crippen LogP contribution in [-0.2, 0) is 0 Å². The van der Waals surface area contributed by atoms with E-state index in [1.54, 1.807) is 0 Å². The molecular weight excluding hydrogens is 146 g/mol. The Hall–Kier alpha value is -1.29. The van der Waals surface area contributed by atoms with E-state index in [0.717, 1.165) is 12.0 Å². The molecule has 1 nitrogen and oxygen atoms in total. The van der Waals surface area contributed by atoms with Gasteiger partial charge in [-0.25, -0.2) is 0 Å². The average Bonchev–Trinajstić information content (AvgIpc) is 2.33. The summed E-state index contributed by atoms with van der Waals surface area (Å²) in [5.74, 6) is 0. The van der Waals surface area contributed by atoms with Crippen LogP contribution in [0.15, 0.2) is 35.5 Å². The van der Waals surface area contributed by atoms with Crippen molar-refractivity contribution >= 4 is 0 Å². The Kier molecular flexibility index (Phi) is 5.73. The maximum Gasteiger partial charge on any atom is 0.0950 e. The van der Waals surface area contributed by atoms with Crippen LogP contribution in [0.5, 0.6) is 0 Å². The molecule has 1 heteroatoms. The quantitative estimate of drug-likeness (QED) is 0.534. The molecule has 1 aliphatic carbocycles. The van der Waals surface area contributed by atoms with Crippen molar-refractivity contribution in [1.82, 2.24) is 0 Å². The molecule has 0 aliphatic heterocycles. The second-order valence-corrected chi connectivity index (χ2v) is 2.32. The molecule has 0 saturated heterocycles. The molecule has 0 radical (unpaired) electrons. The number of nitrogens with zero attached hydrogens (tertiary/aromatic N) is 1. The minimum absolute atomic E-state index is 0.773. The largest absolute Gasteiger partial charge is 0.193 e. The van der Waals surface area contributed by atoms with E-state index in [1.165, 1.54) is 5.57 Å². The van der Waals surface area contributed by atoms with E-state index < -0.39 is 0 Å². The molecule has 0 aromatic rings. The lowest BCUT2D eigenvalue weighted by Crippen LogP contribution is -1.72. The molecular formula is C11H15N. The highest BCUT2D eigenvalue weighted by Gasteiger charge is 1.93. The van der Waals surface area contributed by atoms with E-state index >= 15 is 0 Å². The van der Waals surface area contributed by atoms with E-state index in [0.29, 0.717) is 0 Å². The summed E-state index contributed by atoms with van der Waals surface area (Å²) in [5.41, 5.74) is 2.05. The third kappa shape index (κ3) is 3.78. The van der Waals surface area contributed by atoms with Crippen LogP contribution in [0.4, 0.5) is 0 Å². The molecule has 0 aromatic heterocycles. The Bertz CT molecular complexity index is 246. The van der Waals surface area contributed by atoms with Gasteiger partial charge in [0.05, 0.1) is 6.07 Å². The first-order valence-corrected chi connectivity index (χ1v) is 4.27. The highest BCUT2D eigenvalue weighted by Crippen LogP contribution is 2.09. The smallest absolute Gasteiger partial charge is 0.0950 e. The van der Waals surface area contributed by atoms with E-state index in [9.17, 15) is 0 Å². The van der Waals surface area contributed by atoms with Crippen LogP contribution in [0, 0.1) is 11.3 Å². The zero-order valence-corrected chi connectivity index (χ0v) is 7.96. The van der Waals surface area contributed by atoms with Gasteiger partial charge in [0.15, 0.2) is 0 Å². The summed E-state index contributed by atoms with van der Waals surface area (Å²) >= 11 is 0. The van der Waals surface area contributed by atoms with Gasteiger partial charge in [-0.05, 0) is 13.0 Å². The Labute approximate surface area is 74.7 Å². The third-order valence-corrected chi connectivity index (χ3v) is 1.44. The minimum atomic E-state index is 0.773. The predicted molar refractivity (Wildman–Crippen MR) is 52.6 cm³/mol. The van der Waals surface area contributed by atoms with Gasteiger partial charge in [0.25, 0.3) is 0 Å². The molecule has 1 rings (SSSR count). The lowest BCUT2D eigenvalue weighted by atomic mass is 10.2. The molecule has 12 heavy (non-hydrogen) atoms. The van der Waals surface area contributed by atoms with E-state index in [-0.39, 0.29) is 0 Å². The molecule has 1 aliphatic rings. The molecule has 0 bridgehead atoms. The van der Waals surface area contributed by atoms with Crippen molar-refractivity contribution in [2.45, 2.75) is 27.2 Å². The molecule has 0 fully saturated rings. The first-order chi connectivity index (χ1) is 5.83. The number of allylic oxidation sites excluding steroid dienone is 6. The van der Waals surface area contributed by atoms with Crippen LogP contribution in [0.1, 0.15) is 27.2 Å². The topological polar surface area (TPSA) is 23.8 Å². The Balaban J connectivity index is 0.000000561. The van der Waals surface area contributed by atoms with Crippen molar-refractivity contribution in [1.29, 1.82) is 5.26 Å². The van der Waals surface area contributed by atoms with Gasteiger partial charge in [0.1, 0.15) is 0 Å². The Morgan fingerprint density at radius 2 is 2.08 bits per heavy atom. The van der Waals surface area contributed by atoms with Crippen LogP contribution in [0.3, 0.4) is 0 Å². The van der Waals surface area contributed by atoms with Gasteiger partial charge in [-0.3, -0.25) is 0 Å². The zero-order chi connectivity index (χ0) is 9.40. The van der Waals surface area contributed by atoms with Crippen molar-refractivity contribution in [3.05, 3.63) is 35.5 Å². The monoisotopic (exact) mass is 161 g/mol. The Morgan fingerprint density at radius 1 is 1.42 bits per heavy atom. The number of hydrogen-bond acceptors (Lipinski definition) is 1. The molecule has 0 spiro atoms. The van der Waals surface area contributed by atoms with Crippen molar-refractivity contribution in [3.8, 4) is 6.07 Å². The van der Waals surface area contributed by atoms with Gasteiger partial charge >= 0.3 is 0 Å². The van der Waals surface area contributed by atoms with Crippen molar-refractivity contribution in [2.75, 3.05) is 0 Å². The molecule has 0 heterocycles. The van der Waals surface area contributed by atoms with Gasteiger partial charge in [-0.2, -0.15) is 5.26 Å². The SMILES string of the molecule is CC.CC1=CCC(C#N)=CC=C1. The van der Waals surface area contributed by atoms with Gasteiger partial charge < -0.3 is 0 Å².